The second-order valence-electron chi connectivity index (χ2n) is 3.72. The third kappa shape index (κ3) is 2.37. The van der Waals surface area contributed by atoms with E-state index in [4.69, 9.17) is 5.11 Å². The van der Waals surface area contributed by atoms with Gasteiger partial charge in [0.1, 0.15) is 0 Å². The largest absolute Gasteiger partial charge is 0.395 e. The predicted molar refractivity (Wildman–Crippen MR) is 65.2 cm³/mol. The quantitative estimate of drug-likeness (QED) is 0.830. The van der Waals surface area contributed by atoms with Gasteiger partial charge in [-0.1, -0.05) is 18.2 Å². The van der Waals surface area contributed by atoms with E-state index in [9.17, 15) is 0 Å². The lowest BCUT2D eigenvalue weighted by Crippen LogP contribution is -2.28. The minimum Gasteiger partial charge on any atom is -0.395 e. The number of thiophene rings is 1. The number of rotatable bonds is 4. The van der Waals surface area contributed by atoms with Crippen molar-refractivity contribution in [2.75, 3.05) is 6.61 Å². The van der Waals surface area contributed by atoms with E-state index in [1.54, 1.807) is 11.3 Å². The molecule has 0 amide bonds. The highest BCUT2D eigenvalue weighted by Crippen LogP contribution is 2.25. The van der Waals surface area contributed by atoms with Gasteiger partial charge in [-0.25, -0.2) is 0 Å². The summed E-state index contributed by atoms with van der Waals surface area (Å²) in [5, 5.41) is 15.7. The molecule has 1 heterocycles. The normalized spacial score (nSPS) is 13.2. The molecule has 0 radical (unpaired) electrons. The summed E-state index contributed by atoms with van der Waals surface area (Å²) in [6.45, 7) is 2.99. The molecule has 0 aliphatic heterocycles. The average Bonchev–Trinajstić information content (AvgIpc) is 2.69. The van der Waals surface area contributed by atoms with E-state index in [1.807, 2.05) is 6.92 Å². The van der Waals surface area contributed by atoms with E-state index in [2.05, 4.69) is 35.0 Å². The average molecular weight is 221 g/mol. The van der Waals surface area contributed by atoms with Crippen LogP contribution >= 0.6 is 11.3 Å². The first-order chi connectivity index (χ1) is 7.31. The molecular formula is C12H15NOS. The van der Waals surface area contributed by atoms with Gasteiger partial charge >= 0.3 is 0 Å². The summed E-state index contributed by atoms with van der Waals surface area (Å²) in [5.74, 6) is 0. The summed E-state index contributed by atoms with van der Waals surface area (Å²) in [7, 11) is 0. The van der Waals surface area contributed by atoms with E-state index in [0.29, 0.717) is 0 Å². The van der Waals surface area contributed by atoms with E-state index < -0.39 is 0 Å². The van der Waals surface area contributed by atoms with E-state index in [-0.39, 0.29) is 12.6 Å². The number of fused-ring (bicyclic) bond motifs is 1. The molecule has 0 aliphatic carbocycles. The van der Waals surface area contributed by atoms with Crippen LogP contribution in [0.4, 0.5) is 0 Å². The molecule has 0 fully saturated rings. The Balaban J connectivity index is 2.14. The van der Waals surface area contributed by atoms with Crippen LogP contribution in [0.5, 0.6) is 0 Å². The Morgan fingerprint density at radius 3 is 3.00 bits per heavy atom. The first-order valence-corrected chi connectivity index (χ1v) is 5.98. The lowest BCUT2D eigenvalue weighted by molar-refractivity contribution is 0.251. The number of aliphatic hydroxyl groups excluding tert-OH is 1. The summed E-state index contributed by atoms with van der Waals surface area (Å²) in [6, 6.07) is 8.56. The zero-order valence-electron chi connectivity index (χ0n) is 8.73. The van der Waals surface area contributed by atoms with E-state index in [0.717, 1.165) is 6.54 Å². The van der Waals surface area contributed by atoms with Crippen LogP contribution in [0.3, 0.4) is 0 Å². The van der Waals surface area contributed by atoms with Crippen molar-refractivity contribution in [1.29, 1.82) is 0 Å². The minimum absolute atomic E-state index is 0.156. The number of nitrogens with one attached hydrogen (secondary N) is 1. The topological polar surface area (TPSA) is 32.3 Å². The maximum absolute atomic E-state index is 8.92. The Hall–Kier alpha value is -0.900. The molecule has 3 heteroatoms. The Morgan fingerprint density at radius 1 is 1.40 bits per heavy atom. The van der Waals surface area contributed by atoms with Crippen LogP contribution in [0.1, 0.15) is 12.5 Å². The lowest BCUT2D eigenvalue weighted by Gasteiger charge is -2.09. The van der Waals surface area contributed by atoms with Crippen molar-refractivity contribution in [3.63, 3.8) is 0 Å². The fourth-order valence-electron chi connectivity index (χ4n) is 1.52. The summed E-state index contributed by atoms with van der Waals surface area (Å²) in [6.07, 6.45) is 0. The molecule has 15 heavy (non-hydrogen) atoms. The van der Waals surface area contributed by atoms with Crippen molar-refractivity contribution in [2.24, 2.45) is 0 Å². The van der Waals surface area contributed by atoms with Gasteiger partial charge in [0, 0.05) is 17.3 Å². The standard InChI is InChI=1S/C12H15NOS/c1-9(7-14)13-6-10-8-15-12-5-3-2-4-11(10)12/h2-5,8-9,13-14H,6-7H2,1H3/t9-/m0/s1. The van der Waals surface area contributed by atoms with Gasteiger partial charge in [0.2, 0.25) is 0 Å². The number of hydrogen-bond donors (Lipinski definition) is 2. The Kier molecular flexibility index (Phi) is 3.36. The highest BCUT2D eigenvalue weighted by atomic mass is 32.1. The Morgan fingerprint density at radius 2 is 2.20 bits per heavy atom. The van der Waals surface area contributed by atoms with Gasteiger partial charge in [0.15, 0.2) is 0 Å². The van der Waals surface area contributed by atoms with Crippen molar-refractivity contribution in [2.45, 2.75) is 19.5 Å². The van der Waals surface area contributed by atoms with Crippen molar-refractivity contribution >= 4 is 21.4 Å². The smallest absolute Gasteiger partial charge is 0.0582 e. The van der Waals surface area contributed by atoms with Crippen molar-refractivity contribution in [1.82, 2.24) is 5.32 Å². The zero-order chi connectivity index (χ0) is 10.7. The highest BCUT2D eigenvalue weighted by molar-refractivity contribution is 7.17. The van der Waals surface area contributed by atoms with E-state index in [1.165, 1.54) is 15.6 Å². The van der Waals surface area contributed by atoms with Gasteiger partial charge in [0.25, 0.3) is 0 Å². The van der Waals surface area contributed by atoms with Gasteiger partial charge in [-0.2, -0.15) is 0 Å². The van der Waals surface area contributed by atoms with Crippen molar-refractivity contribution in [3.8, 4) is 0 Å². The molecule has 1 aromatic carbocycles. The third-order valence-corrected chi connectivity index (χ3v) is 3.49. The fourth-order valence-corrected chi connectivity index (χ4v) is 2.48. The van der Waals surface area contributed by atoms with Crippen molar-refractivity contribution in [3.05, 3.63) is 35.2 Å². The van der Waals surface area contributed by atoms with Gasteiger partial charge in [-0.15, -0.1) is 11.3 Å². The summed E-state index contributed by atoms with van der Waals surface area (Å²) >= 11 is 1.77. The molecule has 80 valence electrons. The van der Waals surface area contributed by atoms with Crippen LogP contribution in [-0.4, -0.2) is 17.8 Å². The molecule has 2 nitrogen and oxygen atoms in total. The molecule has 0 saturated carbocycles. The summed E-state index contributed by atoms with van der Waals surface area (Å²) in [5.41, 5.74) is 1.32. The molecule has 1 atom stereocenters. The zero-order valence-corrected chi connectivity index (χ0v) is 9.55. The van der Waals surface area contributed by atoms with Crippen LogP contribution in [0.2, 0.25) is 0 Å². The molecule has 0 saturated heterocycles. The second kappa shape index (κ2) is 4.75. The second-order valence-corrected chi connectivity index (χ2v) is 4.63. The summed E-state index contributed by atoms with van der Waals surface area (Å²) < 4.78 is 1.32. The number of aliphatic hydroxyl groups is 1. The SMILES string of the molecule is C[C@@H](CO)NCc1csc2ccccc12. The molecule has 2 rings (SSSR count). The molecule has 2 N–H and O–H groups in total. The van der Waals surface area contributed by atoms with Crippen LogP contribution < -0.4 is 5.32 Å². The predicted octanol–water partition coefficient (Wildman–Crippen LogP) is 2.37. The molecule has 2 aromatic rings. The molecule has 0 unspecified atom stereocenters. The van der Waals surface area contributed by atoms with E-state index >= 15 is 0 Å². The molecule has 0 aliphatic rings. The highest BCUT2D eigenvalue weighted by Gasteiger charge is 2.04. The minimum atomic E-state index is 0.156. The van der Waals surface area contributed by atoms with Gasteiger partial charge < -0.3 is 10.4 Å². The van der Waals surface area contributed by atoms with Crippen LogP contribution in [0.15, 0.2) is 29.6 Å². The molecule has 0 spiro atoms. The Labute approximate surface area is 93.6 Å². The van der Waals surface area contributed by atoms with Gasteiger partial charge in [-0.3, -0.25) is 0 Å². The van der Waals surface area contributed by atoms with Gasteiger partial charge in [0.05, 0.1) is 6.61 Å². The van der Waals surface area contributed by atoms with Gasteiger partial charge in [-0.05, 0) is 29.3 Å². The monoisotopic (exact) mass is 221 g/mol. The Bertz CT molecular complexity index is 438. The molecule has 1 aromatic heterocycles. The fraction of sp³-hybridized carbons (Fsp3) is 0.333. The number of hydrogen-bond acceptors (Lipinski definition) is 3. The first-order valence-electron chi connectivity index (χ1n) is 5.10. The third-order valence-electron chi connectivity index (χ3n) is 2.48. The summed E-state index contributed by atoms with van der Waals surface area (Å²) in [4.78, 5) is 0. The lowest BCUT2D eigenvalue weighted by atomic mass is 10.2. The van der Waals surface area contributed by atoms with Crippen molar-refractivity contribution < 1.29 is 5.11 Å². The molecular weight excluding hydrogens is 206 g/mol. The van der Waals surface area contributed by atoms with Crippen LogP contribution in [-0.2, 0) is 6.54 Å². The maximum atomic E-state index is 8.92. The maximum Gasteiger partial charge on any atom is 0.0582 e. The molecule has 0 bridgehead atoms. The first kappa shape index (κ1) is 10.6. The van der Waals surface area contributed by atoms with Crippen LogP contribution in [0, 0.1) is 0 Å². The van der Waals surface area contributed by atoms with Crippen LogP contribution in [0.25, 0.3) is 10.1 Å². The number of benzene rings is 1.